The topological polar surface area (TPSA) is 120 Å². The molecule has 4 bridgehead atoms. The number of aromatic nitrogens is 4. The lowest BCUT2D eigenvalue weighted by atomic mass is 9.93. The van der Waals surface area contributed by atoms with Gasteiger partial charge in [-0.25, -0.2) is 0 Å². The van der Waals surface area contributed by atoms with Crippen molar-refractivity contribution >= 4 is 17.0 Å². The molecule has 0 amide bonds. The minimum Gasteiger partial charge on any atom is -0.493 e. The summed E-state index contributed by atoms with van der Waals surface area (Å²) >= 11 is 0. The molecular formula is C27H30N6O3. The van der Waals surface area contributed by atoms with Crippen molar-refractivity contribution in [3.8, 4) is 28.9 Å². The standard InChI is InChI=1S/C27H30N6O3/c28-24-23-25-32-26(31-24)36-13-2-1-12-35-22-14-18(16-33(25)27(34)30-23)8-11-21(22)19-9-6-17(7-10-19)15-29-20-4-3-5-20/h6-11,14,20,29H,1-5,12-13,15-16H2,(H,30,34)(H2,28,31,32). The second kappa shape index (κ2) is 9.66. The van der Waals surface area contributed by atoms with Crippen LogP contribution in [0.4, 0.5) is 5.82 Å². The van der Waals surface area contributed by atoms with Gasteiger partial charge < -0.3 is 25.6 Å². The van der Waals surface area contributed by atoms with Crippen molar-refractivity contribution in [3.05, 3.63) is 53.6 Å². The molecule has 186 valence electrons. The maximum Gasteiger partial charge on any atom is 0.320 e. The minimum absolute atomic E-state index is 0.173. The summed E-state index contributed by atoms with van der Waals surface area (Å²) in [7, 11) is 0. The van der Waals surface area contributed by atoms with Gasteiger partial charge in [0.05, 0.1) is 19.8 Å². The van der Waals surface area contributed by atoms with Crippen LogP contribution in [-0.4, -0.2) is 43.9 Å². The first kappa shape index (κ1) is 22.6. The maximum absolute atomic E-state index is 10.5. The molecule has 0 spiro atoms. The molecule has 9 heteroatoms. The highest BCUT2D eigenvalue weighted by atomic mass is 16.5. The molecule has 0 saturated heterocycles. The molecule has 4 N–H and O–H groups in total. The molecule has 3 heterocycles. The van der Waals surface area contributed by atoms with E-state index in [9.17, 15) is 5.11 Å². The summed E-state index contributed by atoms with van der Waals surface area (Å²) in [5.41, 5.74) is 11.2. The van der Waals surface area contributed by atoms with E-state index in [0.29, 0.717) is 37.0 Å². The summed E-state index contributed by atoms with van der Waals surface area (Å²) in [6, 6.07) is 15.5. The number of nitrogens with one attached hydrogen (secondary N) is 1. The lowest BCUT2D eigenvalue weighted by molar-refractivity contribution is 0.255. The molecule has 4 aromatic rings. The molecule has 6 rings (SSSR count). The van der Waals surface area contributed by atoms with Gasteiger partial charge in [0.1, 0.15) is 5.75 Å². The summed E-state index contributed by atoms with van der Waals surface area (Å²) in [5, 5.41) is 14.2. The Bertz CT molecular complexity index is 1380. The van der Waals surface area contributed by atoms with Crippen LogP contribution in [0.2, 0.25) is 0 Å². The van der Waals surface area contributed by atoms with Gasteiger partial charge in [-0.3, -0.25) is 4.57 Å². The van der Waals surface area contributed by atoms with Crippen LogP contribution < -0.4 is 20.5 Å². The molecular weight excluding hydrogens is 456 g/mol. The van der Waals surface area contributed by atoms with Crippen LogP contribution in [0.15, 0.2) is 42.5 Å². The zero-order chi connectivity index (χ0) is 24.5. The fourth-order valence-electron chi connectivity index (χ4n) is 4.63. The number of ether oxygens (including phenoxy) is 2. The summed E-state index contributed by atoms with van der Waals surface area (Å²) in [6.45, 7) is 2.25. The first-order chi connectivity index (χ1) is 17.6. The summed E-state index contributed by atoms with van der Waals surface area (Å²) in [4.78, 5) is 12.8. The zero-order valence-electron chi connectivity index (χ0n) is 20.1. The second-order valence-corrected chi connectivity index (χ2v) is 9.50. The fraction of sp³-hybridized carbons (Fsp3) is 0.370. The predicted octanol–water partition coefficient (Wildman–Crippen LogP) is 4.02. The minimum atomic E-state index is -0.173. The van der Waals surface area contributed by atoms with Crippen molar-refractivity contribution in [1.29, 1.82) is 0 Å². The van der Waals surface area contributed by atoms with Gasteiger partial charge in [0.2, 0.25) is 0 Å². The number of aromatic hydroxyl groups is 1. The first-order valence-corrected chi connectivity index (χ1v) is 12.6. The van der Waals surface area contributed by atoms with Crippen molar-refractivity contribution in [3.63, 3.8) is 0 Å². The monoisotopic (exact) mass is 486 g/mol. The summed E-state index contributed by atoms with van der Waals surface area (Å²) in [6.07, 6.45) is 5.51. The summed E-state index contributed by atoms with van der Waals surface area (Å²) < 4.78 is 13.6. The van der Waals surface area contributed by atoms with Crippen molar-refractivity contribution in [1.82, 2.24) is 24.8 Å². The SMILES string of the molecule is Nc1nc2nc3c1nc(O)n3Cc1ccc(-c3ccc(CNC4CCC4)cc3)c(c1)OCCCCO2. The molecule has 0 atom stereocenters. The Morgan fingerprint density at radius 1 is 0.972 bits per heavy atom. The largest absolute Gasteiger partial charge is 0.493 e. The Balaban J connectivity index is 1.31. The third-order valence-electron chi connectivity index (χ3n) is 6.96. The van der Waals surface area contributed by atoms with Crippen LogP contribution in [0.25, 0.3) is 22.3 Å². The fourth-order valence-corrected chi connectivity index (χ4v) is 4.63. The Labute approximate surface area is 209 Å². The van der Waals surface area contributed by atoms with Gasteiger partial charge in [0, 0.05) is 18.2 Å². The highest BCUT2D eigenvalue weighted by molar-refractivity contribution is 5.83. The molecule has 1 aliphatic carbocycles. The number of nitrogens with two attached hydrogens (primary N) is 1. The van der Waals surface area contributed by atoms with E-state index in [1.807, 2.05) is 12.1 Å². The van der Waals surface area contributed by atoms with Gasteiger partial charge in [-0.2, -0.15) is 15.0 Å². The van der Waals surface area contributed by atoms with Gasteiger partial charge >= 0.3 is 6.01 Å². The average Bonchev–Trinajstić information content (AvgIpc) is 3.16. The molecule has 36 heavy (non-hydrogen) atoms. The predicted molar refractivity (Wildman–Crippen MR) is 137 cm³/mol. The highest BCUT2D eigenvalue weighted by Gasteiger charge is 2.19. The molecule has 9 nitrogen and oxygen atoms in total. The van der Waals surface area contributed by atoms with Crippen molar-refractivity contribution < 1.29 is 14.6 Å². The Kier molecular flexibility index (Phi) is 6.06. The molecule has 2 aromatic carbocycles. The molecule has 1 fully saturated rings. The van der Waals surface area contributed by atoms with E-state index in [1.54, 1.807) is 4.57 Å². The number of nitrogen functional groups attached to an aromatic ring is 1. The van der Waals surface area contributed by atoms with E-state index in [0.717, 1.165) is 41.8 Å². The number of rotatable bonds is 4. The van der Waals surface area contributed by atoms with E-state index in [4.69, 9.17) is 15.2 Å². The van der Waals surface area contributed by atoms with Crippen molar-refractivity contribution in [2.24, 2.45) is 0 Å². The van der Waals surface area contributed by atoms with Gasteiger partial charge in [-0.15, -0.1) is 0 Å². The van der Waals surface area contributed by atoms with E-state index in [1.165, 1.54) is 24.8 Å². The van der Waals surface area contributed by atoms with Crippen LogP contribution in [-0.2, 0) is 13.1 Å². The zero-order valence-corrected chi connectivity index (χ0v) is 20.1. The maximum atomic E-state index is 10.5. The average molecular weight is 487 g/mol. The van der Waals surface area contributed by atoms with Crippen LogP contribution >= 0.6 is 0 Å². The molecule has 2 aliphatic rings. The summed E-state index contributed by atoms with van der Waals surface area (Å²) in [5.74, 6) is 0.992. The Morgan fingerprint density at radius 2 is 1.78 bits per heavy atom. The molecule has 2 aromatic heterocycles. The first-order valence-electron chi connectivity index (χ1n) is 12.6. The van der Waals surface area contributed by atoms with Gasteiger partial charge in [0.25, 0.3) is 6.01 Å². The van der Waals surface area contributed by atoms with E-state index in [-0.39, 0.29) is 17.8 Å². The number of hydrogen-bond acceptors (Lipinski definition) is 8. The number of nitrogens with zero attached hydrogens (tertiary/aromatic N) is 4. The van der Waals surface area contributed by atoms with E-state index in [2.05, 4.69) is 50.6 Å². The lowest BCUT2D eigenvalue weighted by Gasteiger charge is -2.26. The highest BCUT2D eigenvalue weighted by Crippen LogP contribution is 2.33. The number of hydrogen-bond donors (Lipinski definition) is 3. The third-order valence-corrected chi connectivity index (χ3v) is 6.96. The van der Waals surface area contributed by atoms with Crippen LogP contribution in [0.1, 0.15) is 43.2 Å². The van der Waals surface area contributed by atoms with Crippen LogP contribution in [0.3, 0.4) is 0 Å². The van der Waals surface area contributed by atoms with Crippen molar-refractivity contribution in [2.45, 2.75) is 51.2 Å². The molecule has 1 aliphatic heterocycles. The van der Waals surface area contributed by atoms with Gasteiger partial charge in [-0.05, 0) is 48.4 Å². The number of fused-ring (bicyclic) bond motifs is 3. The third kappa shape index (κ3) is 4.54. The van der Waals surface area contributed by atoms with E-state index < -0.39 is 0 Å². The normalized spacial score (nSPS) is 16.2. The van der Waals surface area contributed by atoms with Crippen LogP contribution in [0, 0.1) is 0 Å². The van der Waals surface area contributed by atoms with E-state index >= 15 is 0 Å². The lowest BCUT2D eigenvalue weighted by Crippen LogP contribution is -2.34. The quantitative estimate of drug-likeness (QED) is 0.396. The Hall–Kier alpha value is -3.85. The number of anilines is 1. The van der Waals surface area contributed by atoms with Crippen LogP contribution in [0.5, 0.6) is 17.8 Å². The van der Waals surface area contributed by atoms with Crippen molar-refractivity contribution in [2.75, 3.05) is 18.9 Å². The second-order valence-electron chi connectivity index (χ2n) is 9.50. The molecule has 0 radical (unpaired) electrons. The number of benzene rings is 2. The van der Waals surface area contributed by atoms with Gasteiger partial charge in [-0.1, -0.05) is 42.8 Å². The smallest absolute Gasteiger partial charge is 0.320 e. The Morgan fingerprint density at radius 3 is 2.56 bits per heavy atom. The molecule has 0 unspecified atom stereocenters. The molecule has 1 saturated carbocycles. The number of imidazole rings is 1. The van der Waals surface area contributed by atoms with Gasteiger partial charge in [0.15, 0.2) is 17.0 Å².